The van der Waals surface area contributed by atoms with Crippen molar-refractivity contribution >= 4 is 11.5 Å². The third-order valence-electron chi connectivity index (χ3n) is 2.24. The number of nitrogens with zero attached hydrogens (tertiary/aromatic N) is 1. The van der Waals surface area contributed by atoms with Crippen LogP contribution in [0, 0.1) is 24.0 Å². The lowest BCUT2D eigenvalue weighted by molar-refractivity contribution is -0.384. The van der Waals surface area contributed by atoms with Crippen molar-refractivity contribution in [2.45, 2.75) is 20.8 Å². The van der Waals surface area contributed by atoms with E-state index in [0.717, 1.165) is 11.1 Å². The minimum absolute atomic E-state index is 0.0294. The van der Waals surface area contributed by atoms with Gasteiger partial charge in [0, 0.05) is 17.7 Å². The maximum atomic E-state index is 11.2. The van der Waals surface area contributed by atoms with Crippen molar-refractivity contribution in [3.05, 3.63) is 38.9 Å². The normalized spacial score (nSPS) is 9.93. The van der Waals surface area contributed by atoms with Crippen LogP contribution in [0.15, 0.2) is 12.1 Å². The zero-order valence-electron chi connectivity index (χ0n) is 8.33. The number of aryl methyl sites for hydroxylation is 1. The van der Waals surface area contributed by atoms with Gasteiger partial charge in [-0.2, -0.15) is 0 Å². The predicted molar refractivity (Wildman–Crippen MR) is 52.6 cm³/mol. The Morgan fingerprint density at radius 1 is 1.36 bits per heavy atom. The molecule has 1 rings (SSSR count). The van der Waals surface area contributed by atoms with Crippen molar-refractivity contribution in [1.29, 1.82) is 0 Å². The van der Waals surface area contributed by atoms with Gasteiger partial charge in [-0.15, -0.1) is 0 Å². The minimum atomic E-state index is -0.487. The van der Waals surface area contributed by atoms with E-state index in [0.29, 0.717) is 5.56 Å². The van der Waals surface area contributed by atoms with Crippen LogP contribution in [0.4, 0.5) is 5.69 Å². The standard InChI is InChI=1S/C10H11NO3/c1-6-4-9(11(13)14)5-10(7(6)2)8(3)12/h4-5H,1-3H3. The summed E-state index contributed by atoms with van der Waals surface area (Å²) in [6.45, 7) is 4.95. The molecular formula is C10H11NO3. The molecule has 0 fully saturated rings. The van der Waals surface area contributed by atoms with E-state index in [-0.39, 0.29) is 11.5 Å². The van der Waals surface area contributed by atoms with Gasteiger partial charge in [0.25, 0.3) is 5.69 Å². The zero-order valence-corrected chi connectivity index (χ0v) is 8.33. The zero-order chi connectivity index (χ0) is 10.9. The second-order valence-corrected chi connectivity index (χ2v) is 3.25. The Morgan fingerprint density at radius 2 is 1.93 bits per heavy atom. The molecule has 1 aromatic carbocycles. The molecule has 4 heteroatoms. The van der Waals surface area contributed by atoms with Crippen molar-refractivity contribution in [3.63, 3.8) is 0 Å². The molecule has 0 radical (unpaired) electrons. The summed E-state index contributed by atoms with van der Waals surface area (Å²) >= 11 is 0. The average molecular weight is 193 g/mol. The molecule has 0 bridgehead atoms. The number of Topliss-reactive ketones (excluding diaryl/α,β-unsaturated/α-hetero) is 1. The fourth-order valence-corrected chi connectivity index (χ4v) is 1.31. The van der Waals surface area contributed by atoms with E-state index in [2.05, 4.69) is 0 Å². The molecule has 14 heavy (non-hydrogen) atoms. The molecule has 1 aromatic rings. The molecule has 0 saturated heterocycles. The molecule has 0 aliphatic rings. The van der Waals surface area contributed by atoms with Crippen LogP contribution in [0.2, 0.25) is 0 Å². The fourth-order valence-electron chi connectivity index (χ4n) is 1.31. The molecule has 0 unspecified atom stereocenters. The molecular weight excluding hydrogens is 182 g/mol. The van der Waals surface area contributed by atoms with Gasteiger partial charge in [-0.25, -0.2) is 0 Å². The van der Waals surface area contributed by atoms with Gasteiger partial charge in [0.05, 0.1) is 4.92 Å². The molecule has 0 spiro atoms. The first-order valence-corrected chi connectivity index (χ1v) is 4.20. The van der Waals surface area contributed by atoms with E-state index in [1.54, 1.807) is 13.8 Å². The first kappa shape index (κ1) is 10.4. The average Bonchev–Trinajstić information content (AvgIpc) is 2.08. The summed E-state index contributed by atoms with van der Waals surface area (Å²) in [7, 11) is 0. The molecule has 0 N–H and O–H groups in total. The molecule has 4 nitrogen and oxygen atoms in total. The maximum Gasteiger partial charge on any atom is 0.270 e. The Balaban J connectivity index is 3.43. The summed E-state index contributed by atoms with van der Waals surface area (Å²) in [4.78, 5) is 21.2. The Kier molecular flexibility index (Phi) is 2.65. The van der Waals surface area contributed by atoms with Crippen molar-refractivity contribution < 1.29 is 9.72 Å². The molecule has 0 aromatic heterocycles. The Labute approximate surface area is 81.7 Å². The fraction of sp³-hybridized carbons (Fsp3) is 0.300. The molecule has 0 atom stereocenters. The predicted octanol–water partition coefficient (Wildman–Crippen LogP) is 2.41. The second kappa shape index (κ2) is 3.57. The molecule has 0 aliphatic heterocycles. The van der Waals surface area contributed by atoms with Gasteiger partial charge >= 0.3 is 0 Å². The Bertz CT molecular complexity index is 410. The van der Waals surface area contributed by atoms with Crippen LogP contribution in [0.5, 0.6) is 0 Å². The van der Waals surface area contributed by atoms with Gasteiger partial charge in [0.15, 0.2) is 5.78 Å². The molecule has 74 valence electrons. The number of nitro groups is 1. The second-order valence-electron chi connectivity index (χ2n) is 3.25. The van der Waals surface area contributed by atoms with E-state index in [4.69, 9.17) is 0 Å². The maximum absolute atomic E-state index is 11.2. The van der Waals surface area contributed by atoms with Crippen molar-refractivity contribution in [2.24, 2.45) is 0 Å². The van der Waals surface area contributed by atoms with Crippen molar-refractivity contribution in [3.8, 4) is 0 Å². The van der Waals surface area contributed by atoms with Crippen LogP contribution in [0.3, 0.4) is 0 Å². The third-order valence-corrected chi connectivity index (χ3v) is 2.24. The summed E-state index contributed by atoms with van der Waals surface area (Å²) in [5.41, 5.74) is 1.97. The Morgan fingerprint density at radius 3 is 2.36 bits per heavy atom. The number of nitro benzene ring substituents is 1. The van der Waals surface area contributed by atoms with Gasteiger partial charge in [0.1, 0.15) is 0 Å². The number of benzene rings is 1. The van der Waals surface area contributed by atoms with Crippen LogP contribution < -0.4 is 0 Å². The summed E-state index contributed by atoms with van der Waals surface area (Å²) in [6.07, 6.45) is 0. The summed E-state index contributed by atoms with van der Waals surface area (Å²) < 4.78 is 0. The summed E-state index contributed by atoms with van der Waals surface area (Å²) in [5.74, 6) is -0.144. The first-order chi connectivity index (χ1) is 6.43. The van der Waals surface area contributed by atoms with E-state index in [9.17, 15) is 14.9 Å². The Hall–Kier alpha value is -1.71. The van der Waals surface area contributed by atoms with Gasteiger partial charge < -0.3 is 0 Å². The summed E-state index contributed by atoms with van der Waals surface area (Å²) in [5, 5.41) is 10.5. The lowest BCUT2D eigenvalue weighted by Gasteiger charge is -2.05. The van der Waals surface area contributed by atoms with Crippen LogP contribution >= 0.6 is 0 Å². The quantitative estimate of drug-likeness (QED) is 0.411. The highest BCUT2D eigenvalue weighted by Gasteiger charge is 2.13. The molecule has 0 amide bonds. The van der Waals surface area contributed by atoms with E-state index >= 15 is 0 Å². The van der Waals surface area contributed by atoms with Gasteiger partial charge in [0.2, 0.25) is 0 Å². The van der Waals surface area contributed by atoms with E-state index < -0.39 is 4.92 Å². The largest absolute Gasteiger partial charge is 0.294 e. The van der Waals surface area contributed by atoms with Gasteiger partial charge in [-0.05, 0) is 31.9 Å². The van der Waals surface area contributed by atoms with Crippen LogP contribution in [0.25, 0.3) is 0 Å². The topological polar surface area (TPSA) is 60.2 Å². The SMILES string of the molecule is CC(=O)c1cc([N+](=O)[O-])cc(C)c1C. The van der Waals surface area contributed by atoms with E-state index in [1.807, 2.05) is 0 Å². The number of hydrogen-bond acceptors (Lipinski definition) is 3. The highest BCUT2D eigenvalue weighted by molar-refractivity contribution is 5.96. The van der Waals surface area contributed by atoms with Crippen molar-refractivity contribution in [1.82, 2.24) is 0 Å². The third kappa shape index (κ3) is 1.79. The number of hydrogen-bond donors (Lipinski definition) is 0. The molecule has 0 heterocycles. The number of carbonyl (C=O) groups is 1. The number of ketones is 1. The molecule has 0 saturated carbocycles. The van der Waals surface area contributed by atoms with Crippen LogP contribution in [-0.4, -0.2) is 10.7 Å². The number of rotatable bonds is 2. The first-order valence-electron chi connectivity index (χ1n) is 4.20. The molecule has 0 aliphatic carbocycles. The lowest BCUT2D eigenvalue weighted by atomic mass is 10.00. The monoisotopic (exact) mass is 193 g/mol. The van der Waals surface area contributed by atoms with Gasteiger partial charge in [-0.3, -0.25) is 14.9 Å². The summed E-state index contributed by atoms with van der Waals surface area (Å²) in [6, 6.07) is 2.80. The van der Waals surface area contributed by atoms with Crippen LogP contribution in [0.1, 0.15) is 28.4 Å². The van der Waals surface area contributed by atoms with Crippen LogP contribution in [-0.2, 0) is 0 Å². The highest BCUT2D eigenvalue weighted by Crippen LogP contribution is 2.21. The minimum Gasteiger partial charge on any atom is -0.294 e. The number of non-ortho nitro benzene ring substituents is 1. The smallest absolute Gasteiger partial charge is 0.270 e. The lowest BCUT2D eigenvalue weighted by Crippen LogP contribution is -2.00. The van der Waals surface area contributed by atoms with Crippen molar-refractivity contribution in [2.75, 3.05) is 0 Å². The van der Waals surface area contributed by atoms with Gasteiger partial charge in [-0.1, -0.05) is 0 Å². The van der Waals surface area contributed by atoms with E-state index in [1.165, 1.54) is 19.1 Å². The highest BCUT2D eigenvalue weighted by atomic mass is 16.6. The number of carbonyl (C=O) groups excluding carboxylic acids is 1.